The minimum Gasteiger partial charge on any atom is -0.457 e. The molecule has 1 saturated carbocycles. The molecule has 0 N–H and O–H groups in total. The molecule has 0 amide bonds. The summed E-state index contributed by atoms with van der Waals surface area (Å²) in [6.45, 7) is 1.96. The summed E-state index contributed by atoms with van der Waals surface area (Å²) in [6, 6.07) is 3.71. The number of carbonyl (C=O) groups is 1. The summed E-state index contributed by atoms with van der Waals surface area (Å²) in [5.41, 5.74) is 1.73. The number of carbonyl (C=O) groups excluding carboxylic acids is 1. The topological polar surface area (TPSA) is 42.4 Å². The molecule has 1 aromatic heterocycles. The van der Waals surface area contributed by atoms with Crippen molar-refractivity contribution in [1.29, 1.82) is 0 Å². The van der Waals surface area contributed by atoms with E-state index in [2.05, 4.69) is 9.88 Å². The Hall–Kier alpha value is -1.55. The molecule has 0 aromatic carbocycles. The van der Waals surface area contributed by atoms with Crippen molar-refractivity contribution in [3.8, 4) is 0 Å². The summed E-state index contributed by atoms with van der Waals surface area (Å²) in [5.74, 6) is 0.483. The van der Waals surface area contributed by atoms with E-state index < -0.39 is 0 Å². The van der Waals surface area contributed by atoms with E-state index in [4.69, 9.17) is 16.3 Å². The molecule has 1 aliphatic carbocycles. The highest BCUT2D eigenvalue weighted by Gasteiger charge is 2.29. The van der Waals surface area contributed by atoms with E-state index in [1.807, 2.05) is 12.1 Å². The Balaban J connectivity index is 1.74. The Morgan fingerprint density at radius 1 is 1.42 bits per heavy atom. The molecule has 0 spiro atoms. The van der Waals surface area contributed by atoms with Crippen LogP contribution in [0.5, 0.6) is 0 Å². The fraction of sp³-hybridized carbons (Fsp3) is 0.429. The molecule has 0 radical (unpaired) electrons. The lowest BCUT2D eigenvalue weighted by atomic mass is 10.2. The Morgan fingerprint density at radius 3 is 2.84 bits per heavy atom. The van der Waals surface area contributed by atoms with Crippen LogP contribution in [0.15, 0.2) is 30.1 Å². The van der Waals surface area contributed by atoms with Crippen molar-refractivity contribution < 1.29 is 9.53 Å². The van der Waals surface area contributed by atoms with Crippen LogP contribution >= 0.6 is 11.6 Å². The van der Waals surface area contributed by atoms with Crippen LogP contribution < -0.4 is 0 Å². The van der Waals surface area contributed by atoms with Crippen molar-refractivity contribution in [3.05, 3.63) is 40.8 Å². The third kappa shape index (κ3) is 3.07. The normalized spacial score (nSPS) is 18.2. The average Bonchev–Trinajstić information content (AvgIpc) is 3.11. The van der Waals surface area contributed by atoms with Crippen LogP contribution in [0.1, 0.15) is 18.4 Å². The molecule has 1 aliphatic heterocycles. The van der Waals surface area contributed by atoms with Crippen LogP contribution in [0.3, 0.4) is 0 Å². The number of aromatic nitrogens is 1. The largest absolute Gasteiger partial charge is 0.457 e. The number of hydrogen-bond acceptors (Lipinski definition) is 4. The summed E-state index contributed by atoms with van der Waals surface area (Å²) in [4.78, 5) is 17.9. The van der Waals surface area contributed by atoms with Crippen LogP contribution in [0.2, 0.25) is 5.15 Å². The Kier molecular flexibility index (Phi) is 3.42. The highest BCUT2D eigenvalue weighted by atomic mass is 35.5. The number of ether oxygens (including phenoxy) is 1. The Morgan fingerprint density at radius 2 is 2.26 bits per heavy atom. The fourth-order valence-corrected chi connectivity index (χ4v) is 2.30. The number of nitrogens with zero attached hydrogens (tertiary/aromatic N) is 2. The van der Waals surface area contributed by atoms with Crippen molar-refractivity contribution in [2.45, 2.75) is 19.4 Å². The number of pyridine rings is 1. The molecule has 0 bridgehead atoms. The van der Waals surface area contributed by atoms with Crippen molar-refractivity contribution in [3.63, 3.8) is 0 Å². The second-order valence-corrected chi connectivity index (χ2v) is 5.39. The summed E-state index contributed by atoms with van der Waals surface area (Å²) in [5, 5.41) is 0.483. The lowest BCUT2D eigenvalue weighted by Gasteiger charge is -2.24. The second-order valence-electron chi connectivity index (χ2n) is 5.00. The smallest absolute Gasteiger partial charge is 0.354 e. The molecule has 19 heavy (non-hydrogen) atoms. The summed E-state index contributed by atoms with van der Waals surface area (Å²) < 4.78 is 5.00. The second kappa shape index (κ2) is 5.21. The number of esters is 1. The third-order valence-electron chi connectivity index (χ3n) is 3.38. The highest BCUT2D eigenvalue weighted by molar-refractivity contribution is 6.29. The first-order valence-corrected chi connectivity index (χ1v) is 6.83. The lowest BCUT2D eigenvalue weighted by molar-refractivity contribution is -0.137. The van der Waals surface area contributed by atoms with Gasteiger partial charge in [-0.2, -0.15) is 0 Å². The van der Waals surface area contributed by atoms with E-state index in [-0.39, 0.29) is 5.97 Å². The molecule has 1 aromatic rings. The van der Waals surface area contributed by atoms with Gasteiger partial charge >= 0.3 is 5.97 Å². The molecule has 5 heteroatoms. The molecule has 3 rings (SSSR count). The number of hydrogen-bond donors (Lipinski definition) is 0. The van der Waals surface area contributed by atoms with E-state index in [0.29, 0.717) is 29.9 Å². The Labute approximate surface area is 117 Å². The SMILES string of the molecule is O=C1OCC=C1N(Cc1ccc(Cl)nc1)CC1CC1. The van der Waals surface area contributed by atoms with Crippen molar-refractivity contribution in [2.75, 3.05) is 13.2 Å². The van der Waals surface area contributed by atoms with Gasteiger partial charge in [-0.05, 0) is 36.5 Å². The minimum absolute atomic E-state index is 0.220. The zero-order chi connectivity index (χ0) is 13.2. The quantitative estimate of drug-likeness (QED) is 0.613. The summed E-state index contributed by atoms with van der Waals surface area (Å²) >= 11 is 5.78. The molecular formula is C14H15ClN2O2. The maximum Gasteiger partial charge on any atom is 0.354 e. The van der Waals surface area contributed by atoms with Gasteiger partial charge in [-0.1, -0.05) is 17.7 Å². The first-order valence-electron chi connectivity index (χ1n) is 6.45. The van der Waals surface area contributed by atoms with E-state index in [0.717, 1.165) is 12.1 Å². The van der Waals surface area contributed by atoms with Gasteiger partial charge in [0.1, 0.15) is 17.5 Å². The number of halogens is 1. The fourth-order valence-electron chi connectivity index (χ4n) is 2.19. The molecular weight excluding hydrogens is 264 g/mol. The van der Waals surface area contributed by atoms with Gasteiger partial charge < -0.3 is 9.64 Å². The molecule has 0 unspecified atom stereocenters. The zero-order valence-electron chi connectivity index (χ0n) is 10.5. The standard InChI is InChI=1S/C14H15ClN2O2/c15-13-4-3-11(7-16-13)9-17(8-10-1-2-10)12-5-6-19-14(12)18/h3-5,7,10H,1-2,6,8-9H2. The van der Waals surface area contributed by atoms with E-state index in [1.165, 1.54) is 12.8 Å². The highest BCUT2D eigenvalue weighted by Crippen LogP contribution is 2.32. The van der Waals surface area contributed by atoms with Crippen LogP contribution in [-0.2, 0) is 16.1 Å². The maximum atomic E-state index is 11.7. The predicted octanol–water partition coefficient (Wildman–Crippen LogP) is 2.39. The van der Waals surface area contributed by atoms with Crippen molar-refractivity contribution in [1.82, 2.24) is 9.88 Å². The van der Waals surface area contributed by atoms with Gasteiger partial charge in [-0.15, -0.1) is 0 Å². The first-order chi connectivity index (χ1) is 9.22. The predicted molar refractivity (Wildman–Crippen MR) is 71.4 cm³/mol. The van der Waals surface area contributed by atoms with Crippen LogP contribution in [0, 0.1) is 5.92 Å². The summed E-state index contributed by atoms with van der Waals surface area (Å²) in [6.07, 6.45) is 6.10. The van der Waals surface area contributed by atoms with Crippen LogP contribution in [-0.4, -0.2) is 29.0 Å². The van der Waals surface area contributed by atoms with Crippen LogP contribution in [0.25, 0.3) is 0 Å². The molecule has 100 valence electrons. The maximum absolute atomic E-state index is 11.7. The lowest BCUT2D eigenvalue weighted by Crippen LogP contribution is -2.28. The molecule has 2 heterocycles. The Bertz CT molecular complexity index is 509. The van der Waals surface area contributed by atoms with E-state index in [9.17, 15) is 4.79 Å². The first kappa shape index (κ1) is 12.5. The molecule has 0 atom stereocenters. The summed E-state index contributed by atoms with van der Waals surface area (Å²) in [7, 11) is 0. The zero-order valence-corrected chi connectivity index (χ0v) is 11.3. The molecule has 2 aliphatic rings. The third-order valence-corrected chi connectivity index (χ3v) is 3.60. The molecule has 1 fully saturated rings. The number of rotatable bonds is 5. The van der Waals surface area contributed by atoms with Gasteiger partial charge in [-0.3, -0.25) is 0 Å². The van der Waals surface area contributed by atoms with Crippen molar-refractivity contribution >= 4 is 17.6 Å². The van der Waals surface area contributed by atoms with Gasteiger partial charge in [0, 0.05) is 19.3 Å². The van der Waals surface area contributed by atoms with E-state index in [1.54, 1.807) is 12.3 Å². The average molecular weight is 279 g/mol. The van der Waals surface area contributed by atoms with Gasteiger partial charge in [0.2, 0.25) is 0 Å². The van der Waals surface area contributed by atoms with Gasteiger partial charge in [-0.25, -0.2) is 9.78 Å². The molecule has 4 nitrogen and oxygen atoms in total. The minimum atomic E-state index is -0.220. The van der Waals surface area contributed by atoms with Gasteiger partial charge in [0.15, 0.2) is 0 Å². The monoisotopic (exact) mass is 278 g/mol. The number of cyclic esters (lactones) is 1. The van der Waals surface area contributed by atoms with E-state index >= 15 is 0 Å². The molecule has 0 saturated heterocycles. The van der Waals surface area contributed by atoms with Gasteiger partial charge in [0.25, 0.3) is 0 Å². The van der Waals surface area contributed by atoms with Crippen LogP contribution in [0.4, 0.5) is 0 Å². The van der Waals surface area contributed by atoms with Crippen molar-refractivity contribution in [2.24, 2.45) is 5.92 Å². The van der Waals surface area contributed by atoms with Gasteiger partial charge in [0.05, 0.1) is 0 Å².